The number of nitrogens with one attached hydrogen (secondary N) is 1. The van der Waals surface area contributed by atoms with Crippen molar-refractivity contribution < 1.29 is 0 Å². The van der Waals surface area contributed by atoms with E-state index in [1.165, 1.54) is 0 Å². The fourth-order valence-corrected chi connectivity index (χ4v) is 2.47. The van der Waals surface area contributed by atoms with Gasteiger partial charge in [0.15, 0.2) is 0 Å². The molecule has 1 aromatic heterocycles. The van der Waals surface area contributed by atoms with E-state index in [0.29, 0.717) is 0 Å². The van der Waals surface area contributed by atoms with Crippen molar-refractivity contribution in [2.75, 3.05) is 5.75 Å². The number of imidazole rings is 1. The maximum Gasteiger partial charge on any atom is 0.110 e. The maximum atomic E-state index is 5.61. The first-order chi connectivity index (χ1) is 7.96. The molecule has 0 aliphatic rings. The number of aryl methyl sites for hydroxylation is 1. The van der Waals surface area contributed by atoms with E-state index >= 15 is 0 Å². The molecule has 0 radical (unpaired) electrons. The largest absolute Gasteiger partial charge is 0.335 e. The molecule has 0 aromatic carbocycles. The predicted octanol–water partition coefficient (Wildman–Crippen LogP) is 1.81. The van der Waals surface area contributed by atoms with Gasteiger partial charge < -0.3 is 4.57 Å². The lowest BCUT2D eigenvalue weighted by Gasteiger charge is -2.22. The van der Waals surface area contributed by atoms with Gasteiger partial charge in [0.1, 0.15) is 5.82 Å². The van der Waals surface area contributed by atoms with Gasteiger partial charge in [-0.2, -0.15) is 11.8 Å². The average molecular weight is 256 g/mol. The molecule has 0 bridgehead atoms. The van der Waals surface area contributed by atoms with Gasteiger partial charge in [0.2, 0.25) is 0 Å². The molecule has 4 nitrogen and oxygen atoms in total. The van der Waals surface area contributed by atoms with Crippen LogP contribution >= 0.6 is 11.8 Å². The molecule has 1 heterocycles. The van der Waals surface area contributed by atoms with Crippen molar-refractivity contribution in [1.82, 2.24) is 15.0 Å². The molecule has 0 saturated carbocycles. The van der Waals surface area contributed by atoms with Gasteiger partial charge in [0.05, 0.1) is 0 Å². The zero-order valence-corrected chi connectivity index (χ0v) is 12.0. The summed E-state index contributed by atoms with van der Waals surface area (Å²) in [7, 11) is 0. The van der Waals surface area contributed by atoms with Crippen LogP contribution in [0, 0.1) is 0 Å². The van der Waals surface area contributed by atoms with E-state index in [4.69, 9.17) is 5.84 Å². The summed E-state index contributed by atoms with van der Waals surface area (Å²) >= 11 is 1.92. The Balaban J connectivity index is 2.52. The molecule has 1 unspecified atom stereocenters. The first kappa shape index (κ1) is 14.5. The number of nitrogens with two attached hydrogens (primary N) is 1. The minimum absolute atomic E-state index is 0.270. The summed E-state index contributed by atoms with van der Waals surface area (Å²) < 4.78 is 2.43. The molecule has 1 aromatic rings. The standard InChI is InChI=1S/C12H24N4S/c1-5-16-7-6-14-11(16)8-10(15-13)9-17-12(2,3)4/h6-7,10,15H,5,8-9,13H2,1-4H3. The van der Waals surface area contributed by atoms with Crippen molar-refractivity contribution in [1.29, 1.82) is 0 Å². The fourth-order valence-electron chi connectivity index (χ4n) is 1.55. The lowest BCUT2D eigenvalue weighted by atomic mass is 10.2. The SMILES string of the molecule is CCn1ccnc1CC(CSC(C)(C)C)NN. The third-order valence-corrected chi connectivity index (χ3v) is 3.96. The summed E-state index contributed by atoms with van der Waals surface area (Å²) in [6.45, 7) is 9.74. The number of thioether (sulfide) groups is 1. The van der Waals surface area contributed by atoms with Gasteiger partial charge in [-0.3, -0.25) is 11.3 Å². The van der Waals surface area contributed by atoms with E-state index < -0.39 is 0 Å². The lowest BCUT2D eigenvalue weighted by Crippen LogP contribution is -2.40. The second-order valence-corrected chi connectivity index (χ2v) is 6.97. The topological polar surface area (TPSA) is 55.9 Å². The normalized spacial score (nSPS) is 13.9. The summed E-state index contributed by atoms with van der Waals surface area (Å²) in [5.41, 5.74) is 2.89. The molecule has 0 fully saturated rings. The van der Waals surface area contributed by atoms with Crippen LogP contribution in [0.3, 0.4) is 0 Å². The molecular weight excluding hydrogens is 232 g/mol. The predicted molar refractivity (Wildman–Crippen MR) is 74.9 cm³/mol. The highest BCUT2D eigenvalue weighted by molar-refractivity contribution is 8.00. The molecule has 1 rings (SSSR count). The summed E-state index contributed by atoms with van der Waals surface area (Å²) in [5.74, 6) is 7.71. The Hall–Kier alpha value is -0.520. The Kier molecular flexibility index (Phi) is 5.49. The molecule has 3 N–H and O–H groups in total. The van der Waals surface area contributed by atoms with Crippen LogP contribution in [-0.4, -0.2) is 26.1 Å². The average Bonchev–Trinajstić information content (AvgIpc) is 2.70. The second kappa shape index (κ2) is 6.42. The lowest BCUT2D eigenvalue weighted by molar-refractivity contribution is 0.542. The quantitative estimate of drug-likeness (QED) is 0.602. The number of rotatable bonds is 6. The molecule has 5 heteroatoms. The molecule has 0 aliphatic heterocycles. The molecule has 0 saturated heterocycles. The minimum atomic E-state index is 0.270. The van der Waals surface area contributed by atoms with Crippen LogP contribution < -0.4 is 11.3 Å². The molecule has 0 spiro atoms. The van der Waals surface area contributed by atoms with Crippen molar-refractivity contribution in [2.45, 2.75) is 51.4 Å². The van der Waals surface area contributed by atoms with Crippen molar-refractivity contribution in [3.8, 4) is 0 Å². The van der Waals surface area contributed by atoms with Crippen LogP contribution in [0.2, 0.25) is 0 Å². The highest BCUT2D eigenvalue weighted by Crippen LogP contribution is 2.24. The van der Waals surface area contributed by atoms with E-state index in [1.54, 1.807) is 0 Å². The Morgan fingerprint density at radius 1 is 1.53 bits per heavy atom. The highest BCUT2D eigenvalue weighted by atomic mass is 32.2. The summed E-state index contributed by atoms with van der Waals surface area (Å²) in [6, 6.07) is 0.270. The van der Waals surface area contributed by atoms with Crippen LogP contribution in [0.5, 0.6) is 0 Å². The number of hydrogen-bond donors (Lipinski definition) is 2. The molecule has 17 heavy (non-hydrogen) atoms. The zero-order chi connectivity index (χ0) is 12.9. The Bertz CT molecular complexity index is 329. The highest BCUT2D eigenvalue weighted by Gasteiger charge is 2.16. The summed E-state index contributed by atoms with van der Waals surface area (Å²) in [4.78, 5) is 4.38. The smallest absolute Gasteiger partial charge is 0.110 e. The number of aromatic nitrogens is 2. The van der Waals surface area contributed by atoms with Gasteiger partial charge in [-0.05, 0) is 6.92 Å². The van der Waals surface area contributed by atoms with E-state index in [0.717, 1.165) is 24.5 Å². The third kappa shape index (κ3) is 5.10. The van der Waals surface area contributed by atoms with E-state index in [2.05, 4.69) is 42.7 Å². The Morgan fingerprint density at radius 2 is 2.24 bits per heavy atom. The van der Waals surface area contributed by atoms with Crippen molar-refractivity contribution in [3.05, 3.63) is 18.2 Å². The van der Waals surface area contributed by atoms with Gasteiger partial charge in [-0.15, -0.1) is 0 Å². The second-order valence-electron chi connectivity index (χ2n) is 5.12. The van der Waals surface area contributed by atoms with Gasteiger partial charge in [-0.25, -0.2) is 4.98 Å². The number of hydrazine groups is 1. The van der Waals surface area contributed by atoms with E-state index in [9.17, 15) is 0 Å². The van der Waals surface area contributed by atoms with Crippen molar-refractivity contribution in [2.24, 2.45) is 5.84 Å². The van der Waals surface area contributed by atoms with E-state index in [1.807, 2.05) is 24.2 Å². The Labute approximate surface area is 108 Å². The monoisotopic (exact) mass is 256 g/mol. The Morgan fingerprint density at radius 3 is 2.76 bits per heavy atom. The molecular formula is C12H24N4S. The van der Waals surface area contributed by atoms with Crippen LogP contribution in [-0.2, 0) is 13.0 Å². The molecule has 0 aliphatic carbocycles. The molecule has 0 amide bonds. The first-order valence-corrected chi connectivity index (χ1v) is 7.05. The first-order valence-electron chi connectivity index (χ1n) is 6.06. The number of nitrogens with zero attached hydrogens (tertiary/aromatic N) is 2. The minimum Gasteiger partial charge on any atom is -0.335 e. The van der Waals surface area contributed by atoms with Crippen LogP contribution in [0.4, 0.5) is 0 Å². The third-order valence-electron chi connectivity index (χ3n) is 2.52. The van der Waals surface area contributed by atoms with Crippen LogP contribution in [0.1, 0.15) is 33.5 Å². The summed E-state index contributed by atoms with van der Waals surface area (Å²) in [6.07, 6.45) is 4.74. The van der Waals surface area contributed by atoms with Crippen molar-refractivity contribution >= 4 is 11.8 Å². The number of hydrogen-bond acceptors (Lipinski definition) is 4. The van der Waals surface area contributed by atoms with Gasteiger partial charge in [0.25, 0.3) is 0 Å². The van der Waals surface area contributed by atoms with Gasteiger partial charge in [0, 0.05) is 41.9 Å². The van der Waals surface area contributed by atoms with E-state index in [-0.39, 0.29) is 10.8 Å². The molecule has 1 atom stereocenters. The van der Waals surface area contributed by atoms with Gasteiger partial charge in [-0.1, -0.05) is 20.8 Å². The maximum absolute atomic E-state index is 5.61. The summed E-state index contributed by atoms with van der Waals surface area (Å²) in [5, 5.41) is 0. The van der Waals surface area contributed by atoms with Crippen molar-refractivity contribution in [3.63, 3.8) is 0 Å². The zero-order valence-electron chi connectivity index (χ0n) is 11.2. The molecule has 98 valence electrons. The van der Waals surface area contributed by atoms with Crippen LogP contribution in [0.25, 0.3) is 0 Å². The van der Waals surface area contributed by atoms with Gasteiger partial charge >= 0.3 is 0 Å². The van der Waals surface area contributed by atoms with Crippen LogP contribution in [0.15, 0.2) is 12.4 Å². The fraction of sp³-hybridized carbons (Fsp3) is 0.750.